The van der Waals surface area contributed by atoms with E-state index < -0.39 is 0 Å². The third-order valence-corrected chi connectivity index (χ3v) is 5.27. The summed E-state index contributed by atoms with van der Waals surface area (Å²) in [5, 5.41) is 0. The Kier molecular flexibility index (Phi) is 5.69. The third-order valence-electron chi connectivity index (χ3n) is 5.27. The summed E-state index contributed by atoms with van der Waals surface area (Å²) in [6.45, 7) is 6.76. The summed E-state index contributed by atoms with van der Waals surface area (Å²) in [6.07, 6.45) is 7.45. The minimum Gasteiger partial charge on any atom is -0.372 e. The molecule has 118 valence electrons. The first kappa shape index (κ1) is 16.4. The summed E-state index contributed by atoms with van der Waals surface area (Å²) in [7, 11) is 2.26. The Morgan fingerprint density at radius 1 is 1.24 bits per heavy atom. The Morgan fingerprint density at radius 2 is 1.90 bits per heavy atom. The molecule has 1 saturated carbocycles. The van der Waals surface area contributed by atoms with Crippen molar-refractivity contribution >= 4 is 5.69 Å². The van der Waals surface area contributed by atoms with Gasteiger partial charge in [-0.25, -0.2) is 0 Å². The van der Waals surface area contributed by atoms with Crippen LogP contribution in [0.25, 0.3) is 0 Å². The van der Waals surface area contributed by atoms with Gasteiger partial charge in [-0.15, -0.1) is 0 Å². The van der Waals surface area contributed by atoms with E-state index >= 15 is 0 Å². The van der Waals surface area contributed by atoms with Crippen LogP contribution < -0.4 is 10.6 Å². The summed E-state index contributed by atoms with van der Waals surface area (Å²) >= 11 is 0. The lowest BCUT2D eigenvalue weighted by molar-refractivity contribution is 0.341. The van der Waals surface area contributed by atoms with E-state index in [1.165, 1.54) is 42.5 Å². The molecule has 1 aromatic carbocycles. The van der Waals surface area contributed by atoms with E-state index in [0.717, 1.165) is 18.8 Å². The number of hydrogen-bond donors (Lipinski definition) is 1. The lowest BCUT2D eigenvalue weighted by Gasteiger charge is -2.35. The molecule has 0 aliphatic heterocycles. The molecule has 0 heterocycles. The van der Waals surface area contributed by atoms with Crippen LogP contribution in [0.15, 0.2) is 18.2 Å². The highest BCUT2D eigenvalue weighted by Gasteiger charge is 2.22. The van der Waals surface area contributed by atoms with Crippen molar-refractivity contribution in [2.24, 2.45) is 11.7 Å². The molecular weight excluding hydrogens is 256 g/mol. The molecule has 0 aromatic heterocycles. The summed E-state index contributed by atoms with van der Waals surface area (Å²) < 4.78 is 0. The first-order valence-corrected chi connectivity index (χ1v) is 8.59. The van der Waals surface area contributed by atoms with Crippen molar-refractivity contribution < 1.29 is 0 Å². The van der Waals surface area contributed by atoms with Crippen LogP contribution in [0.4, 0.5) is 5.69 Å². The molecule has 21 heavy (non-hydrogen) atoms. The van der Waals surface area contributed by atoms with Gasteiger partial charge in [-0.2, -0.15) is 0 Å². The van der Waals surface area contributed by atoms with E-state index in [2.05, 4.69) is 50.9 Å². The van der Waals surface area contributed by atoms with Crippen molar-refractivity contribution in [1.82, 2.24) is 0 Å². The van der Waals surface area contributed by atoms with Gasteiger partial charge < -0.3 is 10.6 Å². The molecule has 2 nitrogen and oxygen atoms in total. The monoisotopic (exact) mass is 288 g/mol. The molecule has 2 N–H and O–H groups in total. The molecule has 0 radical (unpaired) electrons. The van der Waals surface area contributed by atoms with Gasteiger partial charge in [0.1, 0.15) is 0 Å². The lowest BCUT2D eigenvalue weighted by Crippen LogP contribution is -2.34. The van der Waals surface area contributed by atoms with Crippen LogP contribution in [0, 0.1) is 12.8 Å². The number of rotatable bonds is 5. The molecule has 0 bridgehead atoms. The van der Waals surface area contributed by atoms with Crippen LogP contribution >= 0.6 is 0 Å². The van der Waals surface area contributed by atoms with Gasteiger partial charge in [-0.1, -0.05) is 19.9 Å². The average Bonchev–Trinajstić information content (AvgIpc) is 2.49. The van der Waals surface area contributed by atoms with E-state index in [0.29, 0.717) is 6.04 Å². The van der Waals surface area contributed by atoms with Crippen molar-refractivity contribution in [1.29, 1.82) is 0 Å². The molecule has 1 aromatic rings. The standard InChI is InChI=1S/C19H32N2/c1-5-17(20)13-16-8-11-19(12-15(16)3)21(4)18-9-6-14(2)7-10-18/h8,11-12,14,17-18H,5-7,9-10,13,20H2,1-4H3. The highest BCUT2D eigenvalue weighted by Crippen LogP contribution is 2.30. The lowest BCUT2D eigenvalue weighted by atomic mass is 9.86. The molecule has 1 unspecified atom stereocenters. The predicted molar refractivity (Wildman–Crippen MR) is 93.0 cm³/mol. The zero-order valence-electron chi connectivity index (χ0n) is 14.2. The summed E-state index contributed by atoms with van der Waals surface area (Å²) in [5.41, 5.74) is 10.2. The second kappa shape index (κ2) is 7.31. The minimum atomic E-state index is 0.284. The van der Waals surface area contributed by atoms with Crippen LogP contribution in [0.2, 0.25) is 0 Å². The van der Waals surface area contributed by atoms with Gasteiger partial charge in [-0.3, -0.25) is 0 Å². The number of nitrogens with two attached hydrogens (primary N) is 1. The quantitative estimate of drug-likeness (QED) is 0.875. The summed E-state index contributed by atoms with van der Waals surface area (Å²) in [6, 6.07) is 7.90. The maximum Gasteiger partial charge on any atom is 0.0368 e. The fourth-order valence-electron chi connectivity index (χ4n) is 3.40. The first-order valence-electron chi connectivity index (χ1n) is 8.59. The number of nitrogens with zero attached hydrogens (tertiary/aromatic N) is 1. The van der Waals surface area contributed by atoms with E-state index in [9.17, 15) is 0 Å². The predicted octanol–water partition coefficient (Wildman–Crippen LogP) is 4.29. The molecule has 1 aliphatic rings. The second-order valence-electron chi connectivity index (χ2n) is 7.01. The smallest absolute Gasteiger partial charge is 0.0368 e. The Balaban J connectivity index is 2.05. The molecular formula is C19H32N2. The second-order valence-corrected chi connectivity index (χ2v) is 7.01. The van der Waals surface area contributed by atoms with Crippen LogP contribution in [0.1, 0.15) is 57.1 Å². The van der Waals surface area contributed by atoms with E-state index in [1.54, 1.807) is 0 Å². The van der Waals surface area contributed by atoms with E-state index in [-0.39, 0.29) is 6.04 Å². The van der Waals surface area contributed by atoms with Gasteiger partial charge in [0.05, 0.1) is 0 Å². The van der Waals surface area contributed by atoms with Gasteiger partial charge in [0.15, 0.2) is 0 Å². The van der Waals surface area contributed by atoms with Gasteiger partial charge in [0.2, 0.25) is 0 Å². The zero-order valence-corrected chi connectivity index (χ0v) is 14.2. The Hall–Kier alpha value is -1.02. The Morgan fingerprint density at radius 3 is 2.48 bits per heavy atom. The Bertz CT molecular complexity index is 447. The maximum atomic E-state index is 6.09. The largest absolute Gasteiger partial charge is 0.372 e. The highest BCUT2D eigenvalue weighted by atomic mass is 15.1. The van der Waals surface area contributed by atoms with Crippen molar-refractivity contribution in [3.8, 4) is 0 Å². The molecule has 2 rings (SSSR count). The molecule has 1 fully saturated rings. The van der Waals surface area contributed by atoms with E-state index in [1.807, 2.05) is 0 Å². The molecule has 0 amide bonds. The van der Waals surface area contributed by atoms with Crippen LogP contribution in [0.5, 0.6) is 0 Å². The van der Waals surface area contributed by atoms with Gasteiger partial charge in [-0.05, 0) is 74.6 Å². The zero-order chi connectivity index (χ0) is 15.4. The fourth-order valence-corrected chi connectivity index (χ4v) is 3.40. The minimum absolute atomic E-state index is 0.284. The molecule has 1 atom stereocenters. The number of hydrogen-bond acceptors (Lipinski definition) is 2. The first-order chi connectivity index (χ1) is 10.0. The number of aryl methyl sites for hydroxylation is 1. The van der Waals surface area contributed by atoms with Crippen molar-refractivity contribution in [3.05, 3.63) is 29.3 Å². The topological polar surface area (TPSA) is 29.3 Å². The summed E-state index contributed by atoms with van der Waals surface area (Å²) in [4.78, 5) is 2.49. The van der Waals surface area contributed by atoms with Crippen molar-refractivity contribution in [2.75, 3.05) is 11.9 Å². The van der Waals surface area contributed by atoms with Gasteiger partial charge in [0, 0.05) is 24.8 Å². The van der Waals surface area contributed by atoms with Crippen molar-refractivity contribution in [3.63, 3.8) is 0 Å². The normalized spacial score (nSPS) is 23.9. The average molecular weight is 288 g/mol. The summed E-state index contributed by atoms with van der Waals surface area (Å²) in [5.74, 6) is 0.911. The van der Waals surface area contributed by atoms with E-state index in [4.69, 9.17) is 5.73 Å². The maximum absolute atomic E-state index is 6.09. The SMILES string of the molecule is CCC(N)Cc1ccc(N(C)C2CCC(C)CC2)cc1C. The Labute approximate surface area is 130 Å². The third kappa shape index (κ3) is 4.23. The van der Waals surface area contributed by atoms with Crippen LogP contribution in [-0.2, 0) is 6.42 Å². The van der Waals surface area contributed by atoms with Gasteiger partial charge in [0.25, 0.3) is 0 Å². The molecule has 2 heteroatoms. The van der Waals surface area contributed by atoms with Gasteiger partial charge >= 0.3 is 0 Å². The fraction of sp³-hybridized carbons (Fsp3) is 0.684. The molecule has 0 saturated heterocycles. The van der Waals surface area contributed by atoms with Crippen LogP contribution in [0.3, 0.4) is 0 Å². The number of anilines is 1. The van der Waals surface area contributed by atoms with Crippen LogP contribution in [-0.4, -0.2) is 19.1 Å². The molecule has 1 aliphatic carbocycles. The highest BCUT2D eigenvalue weighted by molar-refractivity contribution is 5.51. The molecule has 0 spiro atoms. The number of benzene rings is 1. The van der Waals surface area contributed by atoms with Crippen molar-refractivity contribution in [2.45, 2.75) is 71.4 Å².